The van der Waals surface area contributed by atoms with Gasteiger partial charge in [-0.3, -0.25) is 9.59 Å². The van der Waals surface area contributed by atoms with E-state index in [9.17, 15) is 19.8 Å². The van der Waals surface area contributed by atoms with Gasteiger partial charge in [0.25, 0.3) is 11.8 Å². The molecule has 1 saturated heterocycles. The molecule has 4 rings (SSSR count). The SMILES string of the molecule is O=C(NCc1ccc(C=Cc2ccccc2)cc1)[C@H](O)[C@@H](O)C(=O)N1CCN(c2ccccc2Cl)CC1. The largest absolute Gasteiger partial charge is 0.380 e. The van der Waals surface area contributed by atoms with Gasteiger partial charge in [-0.15, -0.1) is 0 Å². The summed E-state index contributed by atoms with van der Waals surface area (Å²) in [6.45, 7) is 1.92. The molecule has 1 fully saturated rings. The third kappa shape index (κ3) is 6.98. The molecule has 0 unspecified atom stereocenters. The van der Waals surface area contributed by atoms with Gasteiger partial charge in [0, 0.05) is 32.7 Å². The number of carbonyl (C=O) groups excluding carboxylic acids is 2. The summed E-state index contributed by atoms with van der Waals surface area (Å²) in [6, 6.07) is 25.0. The Balaban J connectivity index is 1.24. The van der Waals surface area contributed by atoms with Gasteiger partial charge in [0.2, 0.25) is 0 Å². The third-order valence-corrected chi connectivity index (χ3v) is 6.64. The summed E-state index contributed by atoms with van der Waals surface area (Å²) in [6.07, 6.45) is 0.319. The average Bonchev–Trinajstić information content (AvgIpc) is 2.95. The molecule has 0 saturated carbocycles. The van der Waals surface area contributed by atoms with E-state index < -0.39 is 24.0 Å². The molecule has 0 bridgehead atoms. The first-order valence-electron chi connectivity index (χ1n) is 12.2. The van der Waals surface area contributed by atoms with Crippen LogP contribution in [0.2, 0.25) is 5.02 Å². The van der Waals surface area contributed by atoms with Crippen molar-refractivity contribution < 1.29 is 19.8 Å². The van der Waals surface area contributed by atoms with Gasteiger partial charge in [0.1, 0.15) is 0 Å². The van der Waals surface area contributed by atoms with Crippen molar-refractivity contribution in [3.63, 3.8) is 0 Å². The molecule has 2 atom stereocenters. The summed E-state index contributed by atoms with van der Waals surface area (Å²) in [5, 5.41) is 23.9. The van der Waals surface area contributed by atoms with Crippen LogP contribution < -0.4 is 10.2 Å². The van der Waals surface area contributed by atoms with Crippen molar-refractivity contribution in [3.05, 3.63) is 101 Å². The maximum Gasteiger partial charge on any atom is 0.254 e. The van der Waals surface area contributed by atoms with Crippen LogP contribution in [0.3, 0.4) is 0 Å². The highest BCUT2D eigenvalue weighted by Crippen LogP contribution is 2.26. The monoisotopic (exact) mass is 519 g/mol. The second kappa shape index (κ2) is 12.5. The van der Waals surface area contributed by atoms with E-state index >= 15 is 0 Å². The molecule has 37 heavy (non-hydrogen) atoms. The number of benzene rings is 3. The summed E-state index contributed by atoms with van der Waals surface area (Å²) in [5.41, 5.74) is 3.82. The van der Waals surface area contributed by atoms with E-state index in [0.717, 1.165) is 22.4 Å². The number of aliphatic hydroxyl groups is 2. The molecule has 1 aliphatic rings. The predicted molar refractivity (Wildman–Crippen MR) is 146 cm³/mol. The first kappa shape index (κ1) is 26.4. The topological polar surface area (TPSA) is 93.1 Å². The smallest absolute Gasteiger partial charge is 0.254 e. The van der Waals surface area contributed by atoms with Crippen LogP contribution in [0.25, 0.3) is 12.2 Å². The van der Waals surface area contributed by atoms with Gasteiger partial charge in [-0.25, -0.2) is 0 Å². The molecule has 0 radical (unpaired) electrons. The van der Waals surface area contributed by atoms with Crippen molar-refractivity contribution in [2.24, 2.45) is 0 Å². The van der Waals surface area contributed by atoms with Crippen molar-refractivity contribution >= 4 is 41.3 Å². The van der Waals surface area contributed by atoms with Crippen LogP contribution in [0, 0.1) is 0 Å². The molecule has 3 aromatic rings. The number of carbonyl (C=O) groups is 2. The second-order valence-electron chi connectivity index (χ2n) is 8.86. The number of nitrogens with one attached hydrogen (secondary N) is 1. The molecule has 0 spiro atoms. The average molecular weight is 520 g/mol. The highest BCUT2D eigenvalue weighted by atomic mass is 35.5. The van der Waals surface area contributed by atoms with E-state index in [1.807, 2.05) is 91.0 Å². The van der Waals surface area contributed by atoms with E-state index in [4.69, 9.17) is 11.6 Å². The molecule has 192 valence electrons. The Hall–Kier alpha value is -3.65. The molecular weight excluding hydrogens is 490 g/mol. The number of anilines is 1. The van der Waals surface area contributed by atoms with E-state index in [0.29, 0.717) is 31.2 Å². The van der Waals surface area contributed by atoms with Gasteiger partial charge >= 0.3 is 0 Å². The lowest BCUT2D eigenvalue weighted by atomic mass is 10.1. The van der Waals surface area contributed by atoms with Crippen LogP contribution in [-0.4, -0.2) is 65.3 Å². The summed E-state index contributed by atoms with van der Waals surface area (Å²) >= 11 is 6.26. The Morgan fingerprint density at radius 1 is 0.811 bits per heavy atom. The molecule has 3 N–H and O–H groups in total. The Bertz CT molecular complexity index is 1230. The fourth-order valence-electron chi connectivity index (χ4n) is 4.14. The van der Waals surface area contributed by atoms with Crippen LogP contribution in [0.4, 0.5) is 5.69 Å². The molecular formula is C29H30ClN3O4. The Labute approximate surface area is 221 Å². The minimum atomic E-state index is -1.86. The van der Waals surface area contributed by atoms with E-state index in [1.54, 1.807) is 0 Å². The van der Waals surface area contributed by atoms with Gasteiger partial charge in [-0.05, 0) is 28.8 Å². The molecule has 1 heterocycles. The first-order chi connectivity index (χ1) is 17.9. The number of aliphatic hydroxyl groups excluding tert-OH is 2. The van der Waals surface area contributed by atoms with Gasteiger partial charge in [-0.2, -0.15) is 0 Å². The highest BCUT2D eigenvalue weighted by Gasteiger charge is 2.34. The molecule has 7 nitrogen and oxygen atoms in total. The van der Waals surface area contributed by atoms with Crippen molar-refractivity contribution in [1.82, 2.24) is 10.2 Å². The fourth-order valence-corrected chi connectivity index (χ4v) is 4.39. The number of para-hydroxylation sites is 1. The zero-order valence-electron chi connectivity index (χ0n) is 20.3. The standard InChI is InChI=1S/C29H30ClN3O4/c30-24-8-4-5-9-25(24)32-16-18-33(19-17-32)29(37)27(35)26(34)28(36)31-20-23-14-12-22(13-15-23)11-10-21-6-2-1-3-7-21/h1-15,26-27,34-35H,16-20H2,(H,31,36)/t26-,27-/m1/s1. The number of hydrogen-bond acceptors (Lipinski definition) is 5. The predicted octanol–water partition coefficient (Wildman–Crippen LogP) is 3.20. The van der Waals surface area contributed by atoms with E-state index in [-0.39, 0.29) is 6.54 Å². The maximum atomic E-state index is 12.7. The van der Waals surface area contributed by atoms with Crippen molar-refractivity contribution in [1.29, 1.82) is 0 Å². The summed E-state index contributed by atoms with van der Waals surface area (Å²) < 4.78 is 0. The third-order valence-electron chi connectivity index (χ3n) is 6.32. The number of nitrogens with zero attached hydrogens (tertiary/aromatic N) is 2. The lowest BCUT2D eigenvalue weighted by molar-refractivity contribution is -0.153. The van der Waals surface area contributed by atoms with Crippen molar-refractivity contribution in [2.45, 2.75) is 18.8 Å². The molecule has 8 heteroatoms. The van der Waals surface area contributed by atoms with Gasteiger partial charge in [0.15, 0.2) is 12.2 Å². The van der Waals surface area contributed by atoms with Crippen molar-refractivity contribution in [2.75, 3.05) is 31.1 Å². The Morgan fingerprint density at radius 3 is 2.05 bits per heavy atom. The number of amides is 2. The van der Waals surface area contributed by atoms with Gasteiger partial charge < -0.3 is 25.3 Å². The second-order valence-corrected chi connectivity index (χ2v) is 9.26. The Morgan fingerprint density at radius 2 is 1.41 bits per heavy atom. The van der Waals surface area contributed by atoms with E-state index in [2.05, 4.69) is 10.2 Å². The van der Waals surface area contributed by atoms with Crippen LogP contribution in [0.15, 0.2) is 78.9 Å². The van der Waals surface area contributed by atoms with Crippen LogP contribution >= 0.6 is 11.6 Å². The van der Waals surface area contributed by atoms with Gasteiger partial charge in [-0.1, -0.05) is 90.5 Å². The lowest BCUT2D eigenvalue weighted by Crippen LogP contribution is -2.55. The van der Waals surface area contributed by atoms with Crippen LogP contribution in [-0.2, 0) is 16.1 Å². The molecule has 2 amide bonds. The summed E-state index contributed by atoms with van der Waals surface area (Å²) in [7, 11) is 0. The minimum Gasteiger partial charge on any atom is -0.380 e. The number of piperazine rings is 1. The summed E-state index contributed by atoms with van der Waals surface area (Å²) in [4.78, 5) is 28.6. The first-order valence-corrected chi connectivity index (χ1v) is 12.5. The zero-order chi connectivity index (χ0) is 26.2. The molecule has 3 aromatic carbocycles. The normalized spacial score (nSPS) is 15.4. The van der Waals surface area contributed by atoms with E-state index in [1.165, 1.54) is 4.90 Å². The molecule has 0 aromatic heterocycles. The van der Waals surface area contributed by atoms with Crippen molar-refractivity contribution in [3.8, 4) is 0 Å². The number of rotatable bonds is 8. The highest BCUT2D eigenvalue weighted by molar-refractivity contribution is 6.33. The number of halogens is 1. The van der Waals surface area contributed by atoms with Crippen LogP contribution in [0.5, 0.6) is 0 Å². The minimum absolute atomic E-state index is 0.163. The van der Waals surface area contributed by atoms with Gasteiger partial charge in [0.05, 0.1) is 10.7 Å². The number of hydrogen-bond donors (Lipinski definition) is 3. The zero-order valence-corrected chi connectivity index (χ0v) is 21.1. The maximum absolute atomic E-state index is 12.7. The quantitative estimate of drug-likeness (QED) is 0.397. The molecule has 1 aliphatic heterocycles. The fraction of sp³-hybridized carbons (Fsp3) is 0.241. The summed E-state index contributed by atoms with van der Waals surface area (Å²) in [5.74, 6) is -1.47. The molecule has 0 aliphatic carbocycles. The Kier molecular flexibility index (Phi) is 8.95. The van der Waals surface area contributed by atoms with Crippen LogP contribution in [0.1, 0.15) is 16.7 Å². The lowest BCUT2D eigenvalue weighted by Gasteiger charge is -2.37.